The molecule has 0 bridgehead atoms. The average Bonchev–Trinajstić information content (AvgIpc) is 3.47. The fourth-order valence-corrected chi connectivity index (χ4v) is 6.05. The van der Waals surface area contributed by atoms with E-state index in [0.29, 0.717) is 39.8 Å². The number of carbonyl (C=O) groups excluding carboxylic acids is 2. The summed E-state index contributed by atoms with van der Waals surface area (Å²) >= 11 is 5.89. The summed E-state index contributed by atoms with van der Waals surface area (Å²) in [5, 5.41) is 0.564. The zero-order chi connectivity index (χ0) is 21.8. The fourth-order valence-electron chi connectivity index (χ4n) is 5.93. The van der Waals surface area contributed by atoms with Crippen molar-refractivity contribution in [2.75, 3.05) is 24.6 Å². The molecule has 0 saturated carbocycles. The first-order chi connectivity index (χ1) is 15.6. The number of nitrogens with zero attached hydrogens (tertiary/aromatic N) is 1. The Labute approximate surface area is 192 Å². The lowest BCUT2D eigenvalue weighted by Gasteiger charge is -2.46. The van der Waals surface area contributed by atoms with Gasteiger partial charge in [0, 0.05) is 41.2 Å². The van der Waals surface area contributed by atoms with Crippen LogP contribution in [0.25, 0.3) is 0 Å². The van der Waals surface area contributed by atoms with Gasteiger partial charge < -0.3 is 9.64 Å². The second-order valence-electron chi connectivity index (χ2n) is 9.31. The van der Waals surface area contributed by atoms with Crippen molar-refractivity contribution in [1.82, 2.24) is 0 Å². The molecule has 0 fully saturated rings. The number of ether oxygens (including phenoxy) is 1. The number of carbonyl (C=O) groups is 2. The molecule has 0 saturated heterocycles. The van der Waals surface area contributed by atoms with Gasteiger partial charge >= 0.3 is 5.97 Å². The predicted molar refractivity (Wildman–Crippen MR) is 125 cm³/mol. The highest BCUT2D eigenvalue weighted by Gasteiger charge is 2.42. The van der Waals surface area contributed by atoms with Crippen molar-refractivity contribution >= 4 is 29.0 Å². The van der Waals surface area contributed by atoms with E-state index >= 15 is 0 Å². The van der Waals surface area contributed by atoms with Gasteiger partial charge in [-0.2, -0.15) is 0 Å². The van der Waals surface area contributed by atoms with Crippen LogP contribution in [0.15, 0.2) is 60.7 Å². The van der Waals surface area contributed by atoms with E-state index in [4.69, 9.17) is 16.3 Å². The number of esters is 1. The van der Waals surface area contributed by atoms with Gasteiger partial charge in [0.2, 0.25) is 0 Å². The maximum Gasteiger partial charge on any atom is 0.338 e. The van der Waals surface area contributed by atoms with Gasteiger partial charge in [0.25, 0.3) is 0 Å². The lowest BCUT2D eigenvalue weighted by Crippen LogP contribution is -2.43. The second-order valence-corrected chi connectivity index (χ2v) is 9.75. The van der Waals surface area contributed by atoms with Gasteiger partial charge in [0.05, 0.1) is 5.56 Å². The number of allylic oxidation sites excluding steroid dienone is 4. The summed E-state index contributed by atoms with van der Waals surface area (Å²) in [7, 11) is 0. The van der Waals surface area contributed by atoms with Crippen LogP contribution in [0.3, 0.4) is 0 Å². The van der Waals surface area contributed by atoms with Crippen LogP contribution in [0.2, 0.25) is 5.02 Å². The highest BCUT2D eigenvalue weighted by Crippen LogP contribution is 2.53. The van der Waals surface area contributed by atoms with Crippen molar-refractivity contribution in [2.24, 2.45) is 11.8 Å². The number of hydrogen-bond acceptors (Lipinski definition) is 4. The molecule has 0 aromatic heterocycles. The molecule has 6 rings (SSSR count). The SMILES string of the molecule is O=C(COC(=O)c1cc2c3c(c1)[C@@H]1C=CC[C@H]1CN3C[C@@H]1CC=C[C@@H]21)c1ccc(Cl)cc1. The maximum atomic E-state index is 13.0. The van der Waals surface area contributed by atoms with Gasteiger partial charge in [-0.1, -0.05) is 35.9 Å². The van der Waals surface area contributed by atoms with Gasteiger partial charge in [-0.3, -0.25) is 4.79 Å². The molecule has 0 unspecified atom stereocenters. The fraction of sp³-hybridized carbons (Fsp3) is 0.333. The quantitative estimate of drug-likeness (QED) is 0.352. The number of Topliss-reactive ketones (excluding diaryl/α,β-unsaturated/α-hetero) is 1. The van der Waals surface area contributed by atoms with Gasteiger partial charge in [-0.25, -0.2) is 4.79 Å². The van der Waals surface area contributed by atoms with Crippen LogP contribution in [0.1, 0.15) is 56.5 Å². The third-order valence-electron chi connectivity index (χ3n) is 7.43. The Morgan fingerprint density at radius 3 is 2.09 bits per heavy atom. The number of benzene rings is 2. The van der Waals surface area contributed by atoms with E-state index in [1.54, 1.807) is 24.3 Å². The molecular weight excluding hydrogens is 422 g/mol. The molecule has 2 aliphatic carbocycles. The summed E-state index contributed by atoms with van der Waals surface area (Å²) in [5.41, 5.74) is 4.82. The zero-order valence-corrected chi connectivity index (χ0v) is 18.4. The van der Waals surface area contributed by atoms with Crippen LogP contribution >= 0.6 is 11.6 Å². The van der Waals surface area contributed by atoms with Crippen molar-refractivity contribution in [1.29, 1.82) is 0 Å². The van der Waals surface area contributed by atoms with Crippen LogP contribution in [-0.4, -0.2) is 31.4 Å². The molecular formula is C27H24ClNO3. The monoisotopic (exact) mass is 445 g/mol. The minimum atomic E-state index is -0.439. The minimum Gasteiger partial charge on any atom is -0.454 e. The first kappa shape index (κ1) is 19.8. The van der Waals surface area contributed by atoms with Crippen molar-refractivity contribution in [3.05, 3.63) is 88.0 Å². The van der Waals surface area contributed by atoms with Crippen LogP contribution in [0.4, 0.5) is 5.69 Å². The summed E-state index contributed by atoms with van der Waals surface area (Å²) in [4.78, 5) is 28.0. The summed E-state index contributed by atoms with van der Waals surface area (Å²) < 4.78 is 5.46. The van der Waals surface area contributed by atoms with Gasteiger partial charge in [-0.15, -0.1) is 0 Å². The van der Waals surface area contributed by atoms with E-state index in [1.807, 2.05) is 12.1 Å². The number of ketones is 1. The van der Waals surface area contributed by atoms with E-state index in [-0.39, 0.29) is 12.4 Å². The van der Waals surface area contributed by atoms with Crippen molar-refractivity contribution in [3.63, 3.8) is 0 Å². The third-order valence-corrected chi connectivity index (χ3v) is 7.68. The predicted octanol–water partition coefficient (Wildman–Crippen LogP) is 5.53. The standard InChI is InChI=1S/C27H24ClNO3/c28-20-9-7-16(8-10-20)25(30)15-32-27(31)19-11-23-21-5-1-3-17(21)13-29-14-18-4-2-6-22(18)24(12-19)26(23)29/h1-2,5-12,17-18,21-22H,3-4,13-15H2/t17-,18-,21+,22+/m0/s1. The molecule has 0 spiro atoms. The number of fused-ring (bicyclic) bond motifs is 4. The second kappa shape index (κ2) is 7.63. The average molecular weight is 446 g/mol. The van der Waals surface area contributed by atoms with Crippen LogP contribution < -0.4 is 4.90 Å². The molecule has 0 amide bonds. The van der Waals surface area contributed by atoms with Crippen molar-refractivity contribution in [2.45, 2.75) is 24.7 Å². The van der Waals surface area contributed by atoms with E-state index < -0.39 is 5.97 Å². The van der Waals surface area contributed by atoms with Gasteiger partial charge in [0.15, 0.2) is 12.4 Å². The summed E-state index contributed by atoms with van der Waals surface area (Å²) in [6.07, 6.45) is 11.3. The first-order valence-electron chi connectivity index (χ1n) is 11.3. The summed E-state index contributed by atoms with van der Waals surface area (Å²) in [6.45, 7) is 1.89. The highest BCUT2D eigenvalue weighted by molar-refractivity contribution is 6.30. The first-order valence-corrected chi connectivity index (χ1v) is 11.7. The normalized spacial score (nSPS) is 26.5. The Balaban J connectivity index is 1.31. The van der Waals surface area contributed by atoms with E-state index in [0.717, 1.165) is 25.9 Å². The van der Waals surface area contributed by atoms with Gasteiger partial charge in [-0.05, 0) is 72.2 Å². The number of halogens is 1. The Bertz CT molecular complexity index is 1110. The molecule has 32 heavy (non-hydrogen) atoms. The Morgan fingerprint density at radius 2 is 1.50 bits per heavy atom. The summed E-state index contributed by atoms with van der Waals surface area (Å²) in [6, 6.07) is 10.6. The largest absolute Gasteiger partial charge is 0.454 e. The molecule has 2 aromatic carbocycles. The van der Waals surface area contributed by atoms with E-state index in [1.165, 1.54) is 16.8 Å². The molecule has 5 heteroatoms. The molecule has 162 valence electrons. The topological polar surface area (TPSA) is 46.6 Å². The molecule has 2 aromatic rings. The molecule has 4 atom stereocenters. The lowest BCUT2D eigenvalue weighted by atomic mass is 9.74. The molecule has 0 radical (unpaired) electrons. The van der Waals surface area contributed by atoms with Crippen LogP contribution in [0.5, 0.6) is 0 Å². The molecule has 2 heterocycles. The van der Waals surface area contributed by atoms with Crippen LogP contribution in [-0.2, 0) is 4.74 Å². The highest BCUT2D eigenvalue weighted by atomic mass is 35.5. The lowest BCUT2D eigenvalue weighted by molar-refractivity contribution is 0.0474. The van der Waals surface area contributed by atoms with E-state index in [9.17, 15) is 9.59 Å². The molecule has 2 aliphatic heterocycles. The van der Waals surface area contributed by atoms with Gasteiger partial charge in [0.1, 0.15) is 0 Å². The number of rotatable bonds is 4. The summed E-state index contributed by atoms with van der Waals surface area (Å²) in [5.74, 6) is 1.16. The molecule has 4 aliphatic rings. The van der Waals surface area contributed by atoms with E-state index in [2.05, 4.69) is 29.2 Å². The Kier molecular flexibility index (Phi) is 4.72. The van der Waals surface area contributed by atoms with Crippen molar-refractivity contribution in [3.8, 4) is 0 Å². The molecule has 0 N–H and O–H groups in total. The molecule has 4 nitrogen and oxygen atoms in total. The smallest absolute Gasteiger partial charge is 0.338 e. The number of anilines is 1. The maximum absolute atomic E-state index is 13.0. The minimum absolute atomic E-state index is 0.238. The van der Waals surface area contributed by atoms with Crippen LogP contribution in [0, 0.1) is 11.8 Å². The van der Waals surface area contributed by atoms with Crippen molar-refractivity contribution < 1.29 is 14.3 Å². The number of hydrogen-bond donors (Lipinski definition) is 0. The Morgan fingerprint density at radius 1 is 0.906 bits per heavy atom. The third kappa shape index (κ3) is 3.20. The Hall–Kier alpha value is -2.85. The zero-order valence-electron chi connectivity index (χ0n) is 17.7.